The molecule has 1 N–H and O–H groups in total. The van der Waals surface area contributed by atoms with Crippen LogP contribution in [0, 0.1) is 5.82 Å². The first kappa shape index (κ1) is 19.6. The summed E-state index contributed by atoms with van der Waals surface area (Å²) in [5.41, 5.74) is 3.36. The minimum Gasteiger partial charge on any atom is -0.482 e. The highest BCUT2D eigenvalue weighted by atomic mass is 19.1. The maximum Gasteiger partial charge on any atom is 0.330 e. The van der Waals surface area contributed by atoms with Gasteiger partial charge in [-0.3, -0.25) is 4.79 Å². The highest BCUT2D eigenvalue weighted by Crippen LogP contribution is 2.44. The lowest BCUT2D eigenvalue weighted by atomic mass is 9.91. The van der Waals surface area contributed by atoms with E-state index in [0.717, 1.165) is 16.7 Å². The Kier molecular flexibility index (Phi) is 4.78. The highest BCUT2D eigenvalue weighted by molar-refractivity contribution is 6.32. The van der Waals surface area contributed by atoms with E-state index in [4.69, 9.17) is 4.74 Å². The summed E-state index contributed by atoms with van der Waals surface area (Å²) in [5.74, 6) is -0.735. The summed E-state index contributed by atoms with van der Waals surface area (Å²) < 4.78 is 24.3. The number of anilines is 1. The molecule has 2 aromatic carbocycles. The van der Waals surface area contributed by atoms with Gasteiger partial charge in [-0.25, -0.2) is 9.18 Å². The van der Waals surface area contributed by atoms with Crippen LogP contribution in [0.3, 0.4) is 0 Å². The van der Waals surface area contributed by atoms with Crippen molar-refractivity contribution in [1.82, 2.24) is 0 Å². The van der Waals surface area contributed by atoms with Crippen LogP contribution in [-0.2, 0) is 19.1 Å². The summed E-state index contributed by atoms with van der Waals surface area (Å²) in [6.45, 7) is 3.84. The van der Waals surface area contributed by atoms with Crippen molar-refractivity contribution in [3.8, 4) is 0 Å². The fraction of sp³-hybridized carbons (Fsp3) is 0.167. The first-order valence-electron chi connectivity index (χ1n) is 9.42. The summed E-state index contributed by atoms with van der Waals surface area (Å²) in [6.07, 6.45) is 4.87. The van der Waals surface area contributed by atoms with Crippen LogP contribution in [0.2, 0.25) is 0 Å². The van der Waals surface area contributed by atoms with Gasteiger partial charge in [-0.2, -0.15) is 0 Å². The number of hydrogen-bond acceptors (Lipinski definition) is 4. The van der Waals surface area contributed by atoms with Crippen molar-refractivity contribution >= 4 is 34.8 Å². The van der Waals surface area contributed by atoms with Crippen LogP contribution >= 0.6 is 0 Å². The molecule has 0 aliphatic carbocycles. The van der Waals surface area contributed by atoms with Gasteiger partial charge in [0.05, 0.1) is 18.4 Å². The van der Waals surface area contributed by atoms with Gasteiger partial charge >= 0.3 is 5.97 Å². The van der Waals surface area contributed by atoms with Crippen LogP contribution in [0.25, 0.3) is 17.2 Å². The third-order valence-electron chi connectivity index (χ3n) is 5.07. The maximum atomic E-state index is 13.5. The second-order valence-corrected chi connectivity index (χ2v) is 7.54. The van der Waals surface area contributed by atoms with Gasteiger partial charge in [0, 0.05) is 17.2 Å². The second-order valence-electron chi connectivity index (χ2n) is 7.54. The molecule has 0 fully saturated rings. The number of esters is 1. The van der Waals surface area contributed by atoms with Crippen molar-refractivity contribution in [2.24, 2.45) is 0 Å². The van der Waals surface area contributed by atoms with Crippen LogP contribution in [0.4, 0.5) is 10.1 Å². The van der Waals surface area contributed by atoms with E-state index in [1.165, 1.54) is 25.3 Å². The molecular weight excluding hydrogens is 385 g/mol. The number of rotatable bonds is 3. The van der Waals surface area contributed by atoms with E-state index in [2.05, 4.69) is 10.1 Å². The molecule has 0 radical (unpaired) electrons. The number of hydrogen-bond donors (Lipinski definition) is 1. The van der Waals surface area contributed by atoms with Crippen LogP contribution in [0.1, 0.15) is 30.5 Å². The molecule has 5 nitrogen and oxygen atoms in total. The number of allylic oxidation sites excluding steroid dienone is 1. The molecule has 1 amide bonds. The van der Waals surface area contributed by atoms with E-state index in [1.807, 2.05) is 44.2 Å². The predicted molar refractivity (Wildman–Crippen MR) is 113 cm³/mol. The van der Waals surface area contributed by atoms with Gasteiger partial charge < -0.3 is 14.8 Å². The third-order valence-corrected chi connectivity index (χ3v) is 5.07. The number of halogens is 1. The van der Waals surface area contributed by atoms with Gasteiger partial charge in [0.25, 0.3) is 5.91 Å². The zero-order valence-corrected chi connectivity index (χ0v) is 16.8. The number of fused-ring (bicyclic) bond motifs is 1. The van der Waals surface area contributed by atoms with Gasteiger partial charge in [-0.05, 0) is 61.4 Å². The third kappa shape index (κ3) is 3.52. The molecule has 0 unspecified atom stereocenters. The molecule has 2 aliphatic heterocycles. The Morgan fingerprint density at radius 2 is 2.00 bits per heavy atom. The van der Waals surface area contributed by atoms with E-state index >= 15 is 0 Å². The van der Waals surface area contributed by atoms with Gasteiger partial charge in [-0.15, -0.1) is 0 Å². The average molecular weight is 405 g/mol. The number of benzene rings is 2. The summed E-state index contributed by atoms with van der Waals surface area (Å²) in [7, 11) is 1.33. The average Bonchev–Trinajstić information content (AvgIpc) is 3.20. The van der Waals surface area contributed by atoms with Crippen LogP contribution < -0.4 is 5.32 Å². The van der Waals surface area contributed by atoms with Crippen molar-refractivity contribution in [2.45, 2.75) is 19.4 Å². The second kappa shape index (κ2) is 7.30. The van der Waals surface area contributed by atoms with Gasteiger partial charge in [0.1, 0.15) is 17.2 Å². The van der Waals surface area contributed by atoms with Crippen molar-refractivity contribution < 1.29 is 23.5 Å². The lowest BCUT2D eigenvalue weighted by molar-refractivity contribution is -0.134. The number of nitrogens with one attached hydrogen (secondary N) is 1. The summed E-state index contributed by atoms with van der Waals surface area (Å²) in [6, 6.07) is 11.8. The Hall–Kier alpha value is -3.67. The minimum absolute atomic E-state index is 0.325. The Morgan fingerprint density at radius 1 is 1.20 bits per heavy atom. The zero-order valence-electron chi connectivity index (χ0n) is 16.8. The summed E-state index contributed by atoms with van der Waals surface area (Å²) in [4.78, 5) is 23.9. The molecule has 2 aliphatic rings. The van der Waals surface area contributed by atoms with Crippen molar-refractivity contribution in [3.05, 3.63) is 82.9 Å². The monoisotopic (exact) mass is 405 g/mol. The topological polar surface area (TPSA) is 64.6 Å². The molecule has 152 valence electrons. The van der Waals surface area contributed by atoms with Crippen molar-refractivity contribution in [1.29, 1.82) is 0 Å². The minimum atomic E-state index is -0.684. The molecule has 0 aromatic heterocycles. The normalized spacial score (nSPS) is 19.3. The molecule has 0 bridgehead atoms. The van der Waals surface area contributed by atoms with Crippen LogP contribution in [0.15, 0.2) is 60.4 Å². The Bertz CT molecular complexity index is 1160. The molecular formula is C24H20FNO4. The summed E-state index contributed by atoms with van der Waals surface area (Å²) >= 11 is 0. The standard InChI is InChI=1S/C24H20FNO4/c1-24(2)18(15-6-4-5-14(11-15)7-10-21(27)29-3)13-20(30-24)22-17-9-8-16(25)12-19(17)26-23(22)28/h4-13H,1-3H3,(H,26,28). The lowest BCUT2D eigenvalue weighted by Gasteiger charge is -2.23. The molecule has 30 heavy (non-hydrogen) atoms. The first-order chi connectivity index (χ1) is 14.3. The molecule has 0 atom stereocenters. The lowest BCUT2D eigenvalue weighted by Crippen LogP contribution is -2.21. The van der Waals surface area contributed by atoms with E-state index in [9.17, 15) is 14.0 Å². The number of methoxy groups -OCH3 is 1. The molecule has 2 aromatic rings. The van der Waals surface area contributed by atoms with E-state index < -0.39 is 17.4 Å². The zero-order chi connectivity index (χ0) is 21.5. The Labute approximate surface area is 173 Å². The van der Waals surface area contributed by atoms with Crippen molar-refractivity contribution in [3.63, 3.8) is 0 Å². The molecule has 0 saturated heterocycles. The first-order valence-corrected chi connectivity index (χ1v) is 9.42. The van der Waals surface area contributed by atoms with Crippen LogP contribution in [-0.4, -0.2) is 24.6 Å². The summed E-state index contributed by atoms with van der Waals surface area (Å²) in [5, 5.41) is 2.69. The Balaban J connectivity index is 1.77. The fourth-order valence-corrected chi connectivity index (χ4v) is 3.65. The number of ether oxygens (including phenoxy) is 2. The molecule has 4 rings (SSSR count). The number of amides is 1. The van der Waals surface area contributed by atoms with E-state index in [0.29, 0.717) is 22.6 Å². The highest BCUT2D eigenvalue weighted by Gasteiger charge is 2.38. The van der Waals surface area contributed by atoms with Gasteiger partial charge in [-0.1, -0.05) is 18.2 Å². The van der Waals surface area contributed by atoms with Crippen LogP contribution in [0.5, 0.6) is 0 Å². The predicted octanol–water partition coefficient (Wildman–Crippen LogP) is 4.57. The largest absolute Gasteiger partial charge is 0.482 e. The molecule has 0 saturated carbocycles. The molecule has 2 heterocycles. The van der Waals surface area contributed by atoms with Crippen molar-refractivity contribution in [2.75, 3.05) is 12.4 Å². The number of carbonyl (C=O) groups excluding carboxylic acids is 2. The maximum absolute atomic E-state index is 13.5. The molecule has 0 spiro atoms. The Morgan fingerprint density at radius 3 is 2.77 bits per heavy atom. The fourth-order valence-electron chi connectivity index (χ4n) is 3.65. The number of carbonyl (C=O) groups is 2. The van der Waals surface area contributed by atoms with E-state index in [1.54, 1.807) is 12.1 Å². The SMILES string of the molecule is COC(=O)C=Cc1cccc(C2=CC(=C3C(=O)Nc4cc(F)ccc43)OC2(C)C)c1. The molecule has 6 heteroatoms. The quantitative estimate of drug-likeness (QED) is 0.600. The smallest absolute Gasteiger partial charge is 0.330 e. The van der Waals surface area contributed by atoms with Gasteiger partial charge in [0.15, 0.2) is 0 Å². The van der Waals surface area contributed by atoms with E-state index in [-0.39, 0.29) is 5.91 Å². The van der Waals surface area contributed by atoms with Gasteiger partial charge in [0.2, 0.25) is 0 Å².